The van der Waals surface area contributed by atoms with Crippen LogP contribution in [-0.4, -0.2) is 26.6 Å². The van der Waals surface area contributed by atoms with Crippen molar-refractivity contribution in [2.24, 2.45) is 0 Å². The second kappa shape index (κ2) is 8.53. The number of anilines is 1. The monoisotopic (exact) mass is 418 g/mol. The molecule has 0 aromatic heterocycles. The van der Waals surface area contributed by atoms with Crippen LogP contribution in [0.5, 0.6) is 0 Å². The molecule has 0 aliphatic heterocycles. The number of carbonyl (C=O) groups is 1. The maximum absolute atomic E-state index is 14.2. The summed E-state index contributed by atoms with van der Waals surface area (Å²) in [5.74, 6) is -1.18. The number of benzene rings is 2. The third-order valence-electron chi connectivity index (χ3n) is 5.41. The van der Waals surface area contributed by atoms with Gasteiger partial charge in [-0.15, -0.1) is 0 Å². The lowest BCUT2D eigenvalue weighted by Crippen LogP contribution is -2.48. The number of hydrogen-bond acceptors (Lipinski definition) is 3. The van der Waals surface area contributed by atoms with Crippen molar-refractivity contribution in [3.63, 3.8) is 0 Å². The van der Waals surface area contributed by atoms with Gasteiger partial charge in [0, 0.05) is 0 Å². The summed E-state index contributed by atoms with van der Waals surface area (Å²) >= 11 is 0. The molecule has 2 atom stereocenters. The molecule has 1 aliphatic rings. The number of fused-ring (bicyclic) bond motifs is 1. The van der Waals surface area contributed by atoms with Crippen molar-refractivity contribution in [2.75, 3.05) is 10.6 Å². The molecule has 0 heterocycles. The quantitative estimate of drug-likeness (QED) is 0.777. The molecule has 29 heavy (non-hydrogen) atoms. The molecule has 7 heteroatoms. The number of aryl methyl sites for hydroxylation is 2. The third-order valence-corrected chi connectivity index (χ3v) is 6.64. The van der Waals surface area contributed by atoms with E-state index in [0.29, 0.717) is 0 Å². The van der Waals surface area contributed by atoms with Gasteiger partial charge in [-0.2, -0.15) is 0 Å². The third kappa shape index (κ3) is 4.78. The highest BCUT2D eigenvalue weighted by molar-refractivity contribution is 7.92. The number of hydrogen-bond donors (Lipinski definition) is 1. The topological polar surface area (TPSA) is 66.5 Å². The van der Waals surface area contributed by atoms with Crippen LogP contribution in [0.15, 0.2) is 42.5 Å². The summed E-state index contributed by atoms with van der Waals surface area (Å²) in [6.45, 7) is 3.32. The van der Waals surface area contributed by atoms with Gasteiger partial charge in [-0.1, -0.05) is 30.3 Å². The van der Waals surface area contributed by atoms with Crippen molar-refractivity contribution in [3.05, 3.63) is 65.0 Å². The minimum absolute atomic E-state index is 0.140. The highest BCUT2D eigenvalue weighted by atomic mass is 32.2. The Bertz CT molecular complexity index is 1010. The van der Waals surface area contributed by atoms with E-state index < -0.39 is 27.8 Å². The highest BCUT2D eigenvalue weighted by Gasteiger charge is 2.31. The van der Waals surface area contributed by atoms with Crippen molar-refractivity contribution < 1.29 is 17.6 Å². The molecule has 2 aromatic rings. The van der Waals surface area contributed by atoms with E-state index in [4.69, 9.17) is 0 Å². The van der Waals surface area contributed by atoms with Crippen molar-refractivity contribution >= 4 is 21.6 Å². The highest BCUT2D eigenvalue weighted by Crippen LogP contribution is 2.26. The molecule has 1 aliphatic carbocycles. The molecule has 1 amide bonds. The van der Waals surface area contributed by atoms with E-state index in [1.807, 2.05) is 13.0 Å². The van der Waals surface area contributed by atoms with Gasteiger partial charge in [0.1, 0.15) is 11.9 Å². The molecule has 2 aromatic carbocycles. The van der Waals surface area contributed by atoms with Crippen LogP contribution in [-0.2, 0) is 27.7 Å². The number of nitrogens with zero attached hydrogens (tertiary/aromatic N) is 1. The van der Waals surface area contributed by atoms with E-state index in [0.717, 1.165) is 29.0 Å². The van der Waals surface area contributed by atoms with Gasteiger partial charge in [-0.3, -0.25) is 9.10 Å². The fourth-order valence-electron chi connectivity index (χ4n) is 3.85. The molecule has 0 saturated heterocycles. The minimum Gasteiger partial charge on any atom is -0.348 e. The van der Waals surface area contributed by atoms with Gasteiger partial charge >= 0.3 is 0 Å². The predicted octanol–water partition coefficient (Wildman–Crippen LogP) is 3.74. The molecule has 3 rings (SSSR count). The largest absolute Gasteiger partial charge is 0.348 e. The second-order valence-corrected chi connectivity index (χ2v) is 9.51. The van der Waals surface area contributed by atoms with E-state index in [2.05, 4.69) is 17.4 Å². The van der Waals surface area contributed by atoms with Crippen LogP contribution in [0, 0.1) is 5.82 Å². The zero-order valence-electron chi connectivity index (χ0n) is 17.0. The van der Waals surface area contributed by atoms with Gasteiger partial charge in [0.15, 0.2) is 0 Å². The standard InChI is InChI=1S/C22H27FN2O3S/c1-15(18-13-12-17-8-4-5-9-19(17)14-18)24-22(26)16(2)25(29(3,27)28)21-11-7-6-10-20(21)23/h6-7,10-16H,4-5,8-9H2,1-3H3,(H,24,26)/t15-,16-/m1/s1. The van der Waals surface area contributed by atoms with E-state index in [1.54, 1.807) is 0 Å². The molecule has 5 nitrogen and oxygen atoms in total. The van der Waals surface area contributed by atoms with Crippen LogP contribution in [0.3, 0.4) is 0 Å². The van der Waals surface area contributed by atoms with E-state index in [9.17, 15) is 17.6 Å². The lowest BCUT2D eigenvalue weighted by molar-refractivity contribution is -0.122. The molecule has 0 bridgehead atoms. The number of carbonyl (C=O) groups excluding carboxylic acids is 1. The first-order valence-corrected chi connectivity index (χ1v) is 11.7. The Hall–Kier alpha value is -2.41. The summed E-state index contributed by atoms with van der Waals surface area (Å²) < 4.78 is 39.7. The SMILES string of the molecule is C[C@H](C(=O)N[C@H](C)c1ccc2c(c1)CCCC2)N(c1ccccc1F)S(C)(=O)=O. The lowest BCUT2D eigenvalue weighted by atomic mass is 9.89. The first-order valence-electron chi connectivity index (χ1n) is 9.84. The summed E-state index contributed by atoms with van der Waals surface area (Å²) in [5, 5.41) is 2.88. The van der Waals surface area contributed by atoms with Crippen molar-refractivity contribution in [3.8, 4) is 0 Å². The first-order chi connectivity index (χ1) is 13.7. The zero-order chi connectivity index (χ0) is 21.2. The number of amides is 1. The maximum Gasteiger partial charge on any atom is 0.244 e. The number of halogens is 1. The van der Waals surface area contributed by atoms with E-state index in [-0.39, 0.29) is 11.7 Å². The van der Waals surface area contributed by atoms with Gasteiger partial charge in [0.2, 0.25) is 15.9 Å². The molecule has 1 N–H and O–H groups in total. The summed E-state index contributed by atoms with van der Waals surface area (Å²) in [5.41, 5.74) is 3.50. The fraction of sp³-hybridized carbons (Fsp3) is 0.409. The molecule has 0 unspecified atom stereocenters. The average molecular weight is 419 g/mol. The Kier molecular flexibility index (Phi) is 6.27. The molecule has 0 spiro atoms. The van der Waals surface area contributed by atoms with Gasteiger partial charge in [-0.25, -0.2) is 12.8 Å². The number of para-hydroxylation sites is 1. The molecule has 0 radical (unpaired) electrons. The van der Waals surface area contributed by atoms with Crippen molar-refractivity contribution in [1.82, 2.24) is 5.32 Å². The Morgan fingerprint density at radius 2 is 1.72 bits per heavy atom. The molecular formula is C22H27FN2O3S. The molecule has 0 fully saturated rings. The Morgan fingerprint density at radius 3 is 2.38 bits per heavy atom. The fourth-order valence-corrected chi connectivity index (χ4v) is 5.03. The van der Waals surface area contributed by atoms with Crippen LogP contribution in [0.4, 0.5) is 10.1 Å². The number of sulfonamides is 1. The van der Waals surface area contributed by atoms with E-state index in [1.165, 1.54) is 55.2 Å². The Labute approximate surface area is 172 Å². The summed E-state index contributed by atoms with van der Waals surface area (Å²) in [6.07, 6.45) is 5.46. The minimum atomic E-state index is -3.86. The summed E-state index contributed by atoms with van der Waals surface area (Å²) in [7, 11) is -3.86. The van der Waals surface area contributed by atoms with Crippen LogP contribution in [0.1, 0.15) is 49.4 Å². The smallest absolute Gasteiger partial charge is 0.244 e. The first kappa shape index (κ1) is 21.3. The average Bonchev–Trinajstić information content (AvgIpc) is 2.68. The number of nitrogens with one attached hydrogen (secondary N) is 1. The van der Waals surface area contributed by atoms with Gasteiger partial charge < -0.3 is 5.32 Å². The Balaban J connectivity index is 1.80. The van der Waals surface area contributed by atoms with Crippen LogP contribution >= 0.6 is 0 Å². The lowest BCUT2D eigenvalue weighted by Gasteiger charge is -2.29. The molecular weight excluding hydrogens is 391 g/mol. The molecule has 0 saturated carbocycles. The Morgan fingerprint density at radius 1 is 1.07 bits per heavy atom. The number of rotatable bonds is 6. The predicted molar refractivity (Wildman–Crippen MR) is 113 cm³/mol. The van der Waals surface area contributed by atoms with Gasteiger partial charge in [-0.05, 0) is 68.4 Å². The van der Waals surface area contributed by atoms with Gasteiger partial charge in [0.25, 0.3) is 0 Å². The van der Waals surface area contributed by atoms with Gasteiger partial charge in [0.05, 0.1) is 18.0 Å². The second-order valence-electron chi connectivity index (χ2n) is 7.65. The summed E-state index contributed by atoms with van der Waals surface area (Å²) in [6, 6.07) is 10.4. The van der Waals surface area contributed by atoms with Crippen LogP contribution in [0.25, 0.3) is 0 Å². The van der Waals surface area contributed by atoms with Crippen LogP contribution < -0.4 is 9.62 Å². The van der Waals surface area contributed by atoms with E-state index >= 15 is 0 Å². The molecule has 156 valence electrons. The van der Waals surface area contributed by atoms with Crippen molar-refractivity contribution in [1.29, 1.82) is 0 Å². The van der Waals surface area contributed by atoms with Crippen molar-refractivity contribution in [2.45, 2.75) is 51.6 Å². The maximum atomic E-state index is 14.2. The van der Waals surface area contributed by atoms with Crippen LogP contribution in [0.2, 0.25) is 0 Å². The zero-order valence-corrected chi connectivity index (χ0v) is 17.8. The summed E-state index contributed by atoms with van der Waals surface area (Å²) in [4.78, 5) is 12.8. The normalized spacial score (nSPS) is 15.9.